The van der Waals surface area contributed by atoms with Gasteiger partial charge in [0.1, 0.15) is 0 Å². The lowest BCUT2D eigenvalue weighted by Crippen LogP contribution is -2.07. The topological polar surface area (TPSA) is 0 Å². The van der Waals surface area contributed by atoms with Gasteiger partial charge in [-0.25, -0.2) is 0 Å². The predicted molar refractivity (Wildman–Crippen MR) is 55.0 cm³/mol. The van der Waals surface area contributed by atoms with Crippen LogP contribution in [-0.2, 0) is 0 Å². The van der Waals surface area contributed by atoms with E-state index in [1.807, 2.05) is 0 Å². The van der Waals surface area contributed by atoms with Crippen LogP contribution in [0.25, 0.3) is 0 Å². The molecular formula is C12H22. The Morgan fingerprint density at radius 3 is 2.50 bits per heavy atom. The minimum Gasteiger partial charge on any atom is -0.103 e. The smallest absolute Gasteiger partial charge is 0.0205 e. The average molecular weight is 166 g/mol. The fourth-order valence-electron chi connectivity index (χ4n) is 1.94. The number of rotatable bonds is 5. The van der Waals surface area contributed by atoms with Crippen molar-refractivity contribution in [2.45, 2.75) is 40.0 Å². The maximum atomic E-state index is 3.85. The molecule has 12 heavy (non-hydrogen) atoms. The number of allylic oxidation sites excluding steroid dienone is 1. The molecule has 1 aliphatic rings. The summed E-state index contributed by atoms with van der Waals surface area (Å²) in [5, 5.41) is 0. The lowest BCUT2D eigenvalue weighted by atomic mass is 9.89. The van der Waals surface area contributed by atoms with Crippen LogP contribution in [0.3, 0.4) is 0 Å². The van der Waals surface area contributed by atoms with Gasteiger partial charge < -0.3 is 0 Å². The zero-order chi connectivity index (χ0) is 9.14. The van der Waals surface area contributed by atoms with Crippen LogP contribution in [0.15, 0.2) is 12.7 Å². The molecular weight excluding hydrogens is 144 g/mol. The molecule has 4 unspecified atom stereocenters. The normalized spacial score (nSPS) is 32.6. The summed E-state index contributed by atoms with van der Waals surface area (Å²) >= 11 is 0. The van der Waals surface area contributed by atoms with Crippen LogP contribution in [0.5, 0.6) is 0 Å². The van der Waals surface area contributed by atoms with Crippen molar-refractivity contribution < 1.29 is 0 Å². The highest BCUT2D eigenvalue weighted by Crippen LogP contribution is 2.44. The molecule has 70 valence electrons. The fraction of sp³-hybridized carbons (Fsp3) is 0.833. The molecule has 0 aliphatic heterocycles. The second-order valence-electron chi connectivity index (χ2n) is 4.49. The zero-order valence-corrected chi connectivity index (χ0v) is 8.72. The molecule has 0 nitrogen and oxygen atoms in total. The van der Waals surface area contributed by atoms with Crippen LogP contribution in [-0.4, -0.2) is 0 Å². The molecule has 0 heteroatoms. The van der Waals surface area contributed by atoms with Gasteiger partial charge in [-0.15, -0.1) is 6.58 Å². The van der Waals surface area contributed by atoms with E-state index in [4.69, 9.17) is 0 Å². The lowest BCUT2D eigenvalue weighted by Gasteiger charge is -2.17. The van der Waals surface area contributed by atoms with Gasteiger partial charge in [-0.1, -0.05) is 33.3 Å². The lowest BCUT2D eigenvalue weighted by molar-refractivity contribution is 0.336. The predicted octanol–water partition coefficient (Wildman–Crippen LogP) is 3.88. The first-order chi connectivity index (χ1) is 5.69. The summed E-state index contributed by atoms with van der Waals surface area (Å²) in [5.74, 6) is 3.64. The zero-order valence-electron chi connectivity index (χ0n) is 8.72. The molecule has 1 rings (SSSR count). The highest BCUT2D eigenvalue weighted by atomic mass is 14.4. The first-order valence-electron chi connectivity index (χ1n) is 5.31. The van der Waals surface area contributed by atoms with Gasteiger partial charge in [-0.3, -0.25) is 0 Å². The van der Waals surface area contributed by atoms with Crippen molar-refractivity contribution in [2.24, 2.45) is 23.7 Å². The molecule has 0 N–H and O–H groups in total. The molecule has 1 fully saturated rings. The van der Waals surface area contributed by atoms with Gasteiger partial charge in [0.2, 0.25) is 0 Å². The van der Waals surface area contributed by atoms with E-state index in [1.165, 1.54) is 19.3 Å². The van der Waals surface area contributed by atoms with Crippen LogP contribution < -0.4 is 0 Å². The van der Waals surface area contributed by atoms with E-state index < -0.39 is 0 Å². The Morgan fingerprint density at radius 2 is 2.08 bits per heavy atom. The third kappa shape index (κ3) is 2.36. The molecule has 0 bridgehead atoms. The van der Waals surface area contributed by atoms with Crippen molar-refractivity contribution in [2.75, 3.05) is 0 Å². The van der Waals surface area contributed by atoms with Crippen molar-refractivity contribution in [3.63, 3.8) is 0 Å². The molecule has 0 radical (unpaired) electrons. The Morgan fingerprint density at radius 1 is 1.42 bits per heavy atom. The number of hydrogen-bond acceptors (Lipinski definition) is 0. The third-order valence-electron chi connectivity index (χ3n) is 3.57. The second-order valence-corrected chi connectivity index (χ2v) is 4.49. The Kier molecular flexibility index (Phi) is 3.37. The molecule has 4 atom stereocenters. The maximum absolute atomic E-state index is 3.85. The highest BCUT2D eigenvalue weighted by Gasteiger charge is 2.35. The summed E-state index contributed by atoms with van der Waals surface area (Å²) < 4.78 is 0. The van der Waals surface area contributed by atoms with Crippen LogP contribution in [0, 0.1) is 23.7 Å². The number of hydrogen-bond donors (Lipinski definition) is 0. The van der Waals surface area contributed by atoms with Crippen molar-refractivity contribution >= 4 is 0 Å². The standard InChI is InChI=1S/C12H22/c1-5-9(3)10(4)7-12-8-11(12)6-2/h6,9-12H,2,5,7-8H2,1,3-4H3. The quantitative estimate of drug-likeness (QED) is 0.544. The molecule has 0 aromatic heterocycles. The first kappa shape index (κ1) is 9.83. The van der Waals surface area contributed by atoms with Crippen molar-refractivity contribution in [3.05, 3.63) is 12.7 Å². The van der Waals surface area contributed by atoms with Crippen molar-refractivity contribution in [1.29, 1.82) is 0 Å². The van der Waals surface area contributed by atoms with E-state index in [-0.39, 0.29) is 0 Å². The van der Waals surface area contributed by atoms with E-state index in [2.05, 4.69) is 33.4 Å². The summed E-state index contributed by atoms with van der Waals surface area (Å²) in [5.41, 5.74) is 0. The second kappa shape index (κ2) is 4.11. The molecule has 0 aromatic carbocycles. The summed E-state index contributed by atoms with van der Waals surface area (Å²) in [7, 11) is 0. The maximum Gasteiger partial charge on any atom is -0.0205 e. The Labute approximate surface area is 77.1 Å². The summed E-state index contributed by atoms with van der Waals surface area (Å²) in [6.07, 6.45) is 6.29. The molecule has 1 aliphatic carbocycles. The minimum atomic E-state index is 0.858. The summed E-state index contributed by atoms with van der Waals surface area (Å²) in [6.45, 7) is 10.9. The minimum absolute atomic E-state index is 0.858. The van der Waals surface area contributed by atoms with Crippen LogP contribution >= 0.6 is 0 Å². The van der Waals surface area contributed by atoms with Gasteiger partial charge in [0, 0.05) is 0 Å². The molecule has 0 heterocycles. The van der Waals surface area contributed by atoms with Gasteiger partial charge in [0.25, 0.3) is 0 Å². The Balaban J connectivity index is 2.19. The Bertz CT molecular complexity index is 148. The molecule has 0 amide bonds. The highest BCUT2D eigenvalue weighted by molar-refractivity contribution is 4.98. The van der Waals surface area contributed by atoms with Gasteiger partial charge >= 0.3 is 0 Å². The Hall–Kier alpha value is -0.260. The van der Waals surface area contributed by atoms with Crippen LogP contribution in [0.4, 0.5) is 0 Å². The summed E-state index contributed by atoms with van der Waals surface area (Å²) in [6, 6.07) is 0. The molecule has 1 saturated carbocycles. The SMILES string of the molecule is C=CC1CC1CC(C)C(C)CC. The van der Waals surface area contributed by atoms with Gasteiger partial charge in [0.05, 0.1) is 0 Å². The van der Waals surface area contributed by atoms with Crippen LogP contribution in [0.1, 0.15) is 40.0 Å². The average Bonchev–Trinajstić information content (AvgIpc) is 2.81. The van der Waals surface area contributed by atoms with Gasteiger partial charge in [0.15, 0.2) is 0 Å². The van der Waals surface area contributed by atoms with E-state index >= 15 is 0 Å². The first-order valence-corrected chi connectivity index (χ1v) is 5.31. The van der Waals surface area contributed by atoms with E-state index in [1.54, 1.807) is 0 Å². The molecule has 0 aromatic rings. The van der Waals surface area contributed by atoms with E-state index in [0.29, 0.717) is 0 Å². The fourth-order valence-corrected chi connectivity index (χ4v) is 1.94. The monoisotopic (exact) mass is 166 g/mol. The molecule has 0 saturated heterocycles. The van der Waals surface area contributed by atoms with E-state index in [0.717, 1.165) is 23.7 Å². The van der Waals surface area contributed by atoms with Crippen LogP contribution in [0.2, 0.25) is 0 Å². The van der Waals surface area contributed by atoms with Gasteiger partial charge in [-0.2, -0.15) is 0 Å². The van der Waals surface area contributed by atoms with Gasteiger partial charge in [-0.05, 0) is 36.5 Å². The van der Waals surface area contributed by atoms with E-state index in [9.17, 15) is 0 Å². The molecule has 0 spiro atoms. The van der Waals surface area contributed by atoms with Crippen molar-refractivity contribution in [3.8, 4) is 0 Å². The third-order valence-corrected chi connectivity index (χ3v) is 3.57. The summed E-state index contributed by atoms with van der Waals surface area (Å²) in [4.78, 5) is 0. The largest absolute Gasteiger partial charge is 0.103 e. The van der Waals surface area contributed by atoms with Crippen molar-refractivity contribution in [1.82, 2.24) is 0 Å².